The molecular formula is C13H9ClN2O2. The average molecular weight is 261 g/mol. The number of halogens is 1. The van der Waals surface area contributed by atoms with E-state index in [-0.39, 0.29) is 5.91 Å². The first-order valence-corrected chi connectivity index (χ1v) is 5.69. The number of nitrogens with two attached hydrogens (primary N) is 1. The number of carbonyl (C=O) groups is 1. The molecule has 18 heavy (non-hydrogen) atoms. The van der Waals surface area contributed by atoms with Crippen LogP contribution >= 0.6 is 11.6 Å². The van der Waals surface area contributed by atoms with Gasteiger partial charge in [0.25, 0.3) is 5.91 Å². The van der Waals surface area contributed by atoms with Gasteiger partial charge in [-0.25, -0.2) is 0 Å². The van der Waals surface area contributed by atoms with E-state index < -0.39 is 0 Å². The van der Waals surface area contributed by atoms with E-state index in [1.807, 2.05) is 0 Å². The van der Waals surface area contributed by atoms with Crippen molar-refractivity contribution in [3.63, 3.8) is 0 Å². The Morgan fingerprint density at radius 3 is 2.72 bits per heavy atom. The fourth-order valence-corrected chi connectivity index (χ4v) is 1.98. The molecule has 0 radical (unpaired) electrons. The van der Waals surface area contributed by atoms with E-state index in [0.29, 0.717) is 33.5 Å². The van der Waals surface area contributed by atoms with Crippen molar-refractivity contribution in [2.45, 2.75) is 0 Å². The highest BCUT2D eigenvalue weighted by Crippen LogP contribution is 2.37. The summed E-state index contributed by atoms with van der Waals surface area (Å²) in [5, 5.41) is 3.27. The quantitative estimate of drug-likeness (QED) is 0.715. The molecule has 0 atom stereocenters. The third-order valence-electron chi connectivity index (χ3n) is 2.66. The SMILES string of the molecule is Nc1ccc2c(c1)C(=O)Nc1cc(Cl)ccc1O2. The van der Waals surface area contributed by atoms with Gasteiger partial charge in [-0.05, 0) is 36.4 Å². The van der Waals surface area contributed by atoms with Gasteiger partial charge >= 0.3 is 0 Å². The van der Waals surface area contributed by atoms with Gasteiger partial charge in [0.2, 0.25) is 0 Å². The summed E-state index contributed by atoms with van der Waals surface area (Å²) in [6.07, 6.45) is 0. The molecule has 1 heterocycles. The van der Waals surface area contributed by atoms with Gasteiger partial charge in [-0.3, -0.25) is 4.79 Å². The molecule has 0 saturated heterocycles. The van der Waals surface area contributed by atoms with Crippen LogP contribution in [-0.2, 0) is 0 Å². The van der Waals surface area contributed by atoms with Gasteiger partial charge in [0.1, 0.15) is 5.75 Å². The van der Waals surface area contributed by atoms with Crippen molar-refractivity contribution in [3.8, 4) is 11.5 Å². The molecular weight excluding hydrogens is 252 g/mol. The smallest absolute Gasteiger partial charge is 0.259 e. The number of fused-ring (bicyclic) bond motifs is 2. The Morgan fingerprint density at radius 2 is 1.89 bits per heavy atom. The van der Waals surface area contributed by atoms with Crippen LogP contribution in [-0.4, -0.2) is 5.91 Å². The van der Waals surface area contributed by atoms with E-state index in [1.165, 1.54) is 0 Å². The molecule has 1 aliphatic rings. The molecule has 1 aliphatic heterocycles. The van der Waals surface area contributed by atoms with Crippen molar-refractivity contribution in [2.24, 2.45) is 0 Å². The number of ether oxygens (including phenoxy) is 1. The van der Waals surface area contributed by atoms with E-state index in [1.54, 1.807) is 36.4 Å². The highest BCUT2D eigenvalue weighted by molar-refractivity contribution is 6.31. The monoisotopic (exact) mass is 260 g/mol. The van der Waals surface area contributed by atoms with Gasteiger partial charge in [0.15, 0.2) is 5.75 Å². The molecule has 0 spiro atoms. The number of nitrogens with one attached hydrogen (secondary N) is 1. The number of hydrogen-bond donors (Lipinski definition) is 2. The summed E-state index contributed by atoms with van der Waals surface area (Å²) in [6, 6.07) is 10.0. The van der Waals surface area contributed by atoms with E-state index >= 15 is 0 Å². The van der Waals surface area contributed by atoms with E-state index in [2.05, 4.69) is 5.32 Å². The number of amides is 1. The number of rotatable bonds is 0. The largest absolute Gasteiger partial charge is 0.454 e. The molecule has 0 fully saturated rings. The van der Waals surface area contributed by atoms with Crippen molar-refractivity contribution in [1.29, 1.82) is 0 Å². The number of benzene rings is 2. The highest BCUT2D eigenvalue weighted by Gasteiger charge is 2.20. The zero-order chi connectivity index (χ0) is 12.7. The van der Waals surface area contributed by atoms with Crippen LogP contribution in [0.25, 0.3) is 0 Å². The molecule has 2 aromatic carbocycles. The van der Waals surface area contributed by atoms with Gasteiger partial charge < -0.3 is 15.8 Å². The van der Waals surface area contributed by atoms with Crippen LogP contribution in [0.3, 0.4) is 0 Å². The van der Waals surface area contributed by atoms with Crippen LogP contribution < -0.4 is 15.8 Å². The molecule has 4 nitrogen and oxygen atoms in total. The van der Waals surface area contributed by atoms with Crippen molar-refractivity contribution < 1.29 is 9.53 Å². The zero-order valence-electron chi connectivity index (χ0n) is 9.24. The molecule has 0 bridgehead atoms. The Morgan fingerprint density at radius 1 is 1.11 bits per heavy atom. The maximum Gasteiger partial charge on any atom is 0.259 e. The Hall–Kier alpha value is -2.20. The summed E-state index contributed by atoms with van der Waals surface area (Å²) in [4.78, 5) is 12.0. The molecule has 90 valence electrons. The zero-order valence-corrected chi connectivity index (χ0v) is 9.99. The minimum atomic E-state index is -0.265. The summed E-state index contributed by atoms with van der Waals surface area (Å²) >= 11 is 5.89. The maximum atomic E-state index is 12.0. The number of carbonyl (C=O) groups excluding carboxylic acids is 1. The van der Waals surface area contributed by atoms with Gasteiger partial charge in [-0.2, -0.15) is 0 Å². The number of hydrogen-bond acceptors (Lipinski definition) is 3. The van der Waals surface area contributed by atoms with E-state index in [9.17, 15) is 4.79 Å². The summed E-state index contributed by atoms with van der Waals surface area (Å²) in [5.41, 5.74) is 7.13. The Balaban J connectivity index is 2.16. The fraction of sp³-hybridized carbons (Fsp3) is 0. The summed E-state index contributed by atoms with van der Waals surface area (Å²) in [7, 11) is 0. The number of nitrogen functional groups attached to an aromatic ring is 1. The Bertz CT molecular complexity index is 655. The molecule has 3 rings (SSSR count). The average Bonchev–Trinajstić information content (AvgIpc) is 2.46. The first-order valence-electron chi connectivity index (χ1n) is 5.32. The third kappa shape index (κ3) is 1.76. The lowest BCUT2D eigenvalue weighted by Gasteiger charge is -2.07. The predicted molar refractivity (Wildman–Crippen MR) is 70.3 cm³/mol. The van der Waals surface area contributed by atoms with Crippen molar-refractivity contribution >= 4 is 28.9 Å². The standard InChI is InChI=1S/C13H9ClN2O2/c14-7-1-3-12-10(5-7)16-13(17)9-6-8(15)2-4-11(9)18-12/h1-6H,15H2,(H,16,17). The lowest BCUT2D eigenvalue weighted by Crippen LogP contribution is -2.10. The summed E-state index contributed by atoms with van der Waals surface area (Å²) < 4.78 is 5.69. The van der Waals surface area contributed by atoms with Crippen molar-refractivity contribution in [2.75, 3.05) is 11.1 Å². The molecule has 0 unspecified atom stereocenters. The third-order valence-corrected chi connectivity index (χ3v) is 2.89. The van der Waals surface area contributed by atoms with Crippen LogP contribution in [0.4, 0.5) is 11.4 Å². The van der Waals surface area contributed by atoms with E-state index in [4.69, 9.17) is 22.1 Å². The Labute approximate surface area is 108 Å². The predicted octanol–water partition coefficient (Wildman–Crippen LogP) is 3.28. The topological polar surface area (TPSA) is 64.4 Å². The van der Waals surface area contributed by atoms with E-state index in [0.717, 1.165) is 0 Å². The first kappa shape index (κ1) is 10.9. The normalized spacial score (nSPS) is 12.8. The van der Waals surface area contributed by atoms with Gasteiger partial charge in [-0.15, -0.1) is 0 Å². The minimum absolute atomic E-state index is 0.265. The summed E-state index contributed by atoms with van der Waals surface area (Å²) in [6.45, 7) is 0. The van der Waals surface area contributed by atoms with Gasteiger partial charge in [0.05, 0.1) is 11.3 Å². The molecule has 3 N–H and O–H groups in total. The lowest BCUT2D eigenvalue weighted by molar-refractivity contribution is 0.102. The fourth-order valence-electron chi connectivity index (χ4n) is 1.81. The van der Waals surface area contributed by atoms with Crippen LogP contribution in [0, 0.1) is 0 Å². The highest BCUT2D eigenvalue weighted by atomic mass is 35.5. The second kappa shape index (κ2) is 3.92. The van der Waals surface area contributed by atoms with Crippen LogP contribution in [0.5, 0.6) is 11.5 Å². The second-order valence-corrected chi connectivity index (χ2v) is 4.39. The minimum Gasteiger partial charge on any atom is -0.454 e. The van der Waals surface area contributed by atoms with Crippen LogP contribution in [0.2, 0.25) is 5.02 Å². The number of anilines is 2. The molecule has 5 heteroatoms. The van der Waals surface area contributed by atoms with Gasteiger partial charge in [-0.1, -0.05) is 11.6 Å². The molecule has 1 amide bonds. The maximum absolute atomic E-state index is 12.0. The Kier molecular flexibility index (Phi) is 2.38. The van der Waals surface area contributed by atoms with Crippen molar-refractivity contribution in [1.82, 2.24) is 0 Å². The summed E-state index contributed by atoms with van der Waals surface area (Å²) in [5.74, 6) is 0.761. The van der Waals surface area contributed by atoms with Crippen molar-refractivity contribution in [3.05, 3.63) is 47.0 Å². The van der Waals surface area contributed by atoms with Crippen LogP contribution in [0.1, 0.15) is 10.4 Å². The first-order chi connectivity index (χ1) is 8.63. The van der Waals surface area contributed by atoms with Gasteiger partial charge in [0, 0.05) is 10.7 Å². The molecule has 0 aliphatic carbocycles. The van der Waals surface area contributed by atoms with Crippen LogP contribution in [0.15, 0.2) is 36.4 Å². The second-order valence-electron chi connectivity index (χ2n) is 3.95. The molecule has 0 aromatic heterocycles. The molecule has 2 aromatic rings. The molecule has 0 saturated carbocycles. The lowest BCUT2D eigenvalue weighted by atomic mass is 10.1.